The molecular weight excluding hydrogens is 622 g/mol. The predicted octanol–water partition coefficient (Wildman–Crippen LogP) is 6.52. The van der Waals surface area contributed by atoms with E-state index in [4.69, 9.17) is 11.6 Å². The number of aromatic nitrogens is 2. The molecule has 8 heteroatoms. The molecule has 4 aromatic rings. The highest BCUT2D eigenvalue weighted by Crippen LogP contribution is 2.33. The van der Waals surface area contributed by atoms with Crippen LogP contribution in [-0.4, -0.2) is 26.7 Å². The molecule has 0 aliphatic heterocycles. The zero-order chi connectivity index (χ0) is 34.1. The van der Waals surface area contributed by atoms with E-state index in [1.807, 2.05) is 44.4 Å². The van der Waals surface area contributed by atoms with Crippen molar-refractivity contribution in [2.24, 2.45) is 14.1 Å². The normalized spacial score (nSPS) is 15.9. The lowest BCUT2D eigenvalue weighted by Crippen LogP contribution is -2.27. The van der Waals surface area contributed by atoms with Gasteiger partial charge in [0.25, 0.3) is 11.1 Å². The molecule has 3 aliphatic rings. The summed E-state index contributed by atoms with van der Waals surface area (Å²) in [7, 11) is 3.55. The van der Waals surface area contributed by atoms with E-state index in [1.165, 1.54) is 42.4 Å². The molecule has 250 valence electrons. The van der Waals surface area contributed by atoms with Gasteiger partial charge in [0, 0.05) is 80.9 Å². The fraction of sp³-hybridized carbons (Fsp3) is 0.400. The second-order valence-electron chi connectivity index (χ2n) is 13.8. The summed E-state index contributed by atoms with van der Waals surface area (Å²) in [5.74, 6) is 0.588. The third-order valence-corrected chi connectivity index (χ3v) is 10.5. The zero-order valence-corrected chi connectivity index (χ0v) is 29.1. The van der Waals surface area contributed by atoms with Crippen molar-refractivity contribution in [3.05, 3.63) is 113 Å². The van der Waals surface area contributed by atoms with Crippen LogP contribution in [0.3, 0.4) is 0 Å². The van der Waals surface area contributed by atoms with Gasteiger partial charge in [-0.1, -0.05) is 36.6 Å². The van der Waals surface area contributed by atoms with E-state index >= 15 is 0 Å². The maximum atomic E-state index is 12.1. The van der Waals surface area contributed by atoms with Crippen LogP contribution in [0.1, 0.15) is 77.5 Å². The van der Waals surface area contributed by atoms with Gasteiger partial charge in [0.05, 0.1) is 0 Å². The Kier molecular flexibility index (Phi) is 10.00. The van der Waals surface area contributed by atoms with Crippen molar-refractivity contribution >= 4 is 23.2 Å². The first-order valence-electron chi connectivity index (χ1n) is 17.0. The van der Waals surface area contributed by atoms with Crippen LogP contribution in [0.5, 0.6) is 0 Å². The van der Waals surface area contributed by atoms with Gasteiger partial charge in [0.2, 0.25) is 0 Å². The predicted molar refractivity (Wildman–Crippen MR) is 192 cm³/mol. The number of ketones is 2. The van der Waals surface area contributed by atoms with E-state index < -0.39 is 0 Å². The number of hydrogen-bond acceptors (Lipinski definition) is 5. The van der Waals surface area contributed by atoms with Crippen molar-refractivity contribution in [3.8, 4) is 22.3 Å². The SMILES string of the molecule is Cc1cc(-c2cc(Cl)c3c(c2)CCC(=O)C3)cn(C)c1=O.Cc1cc(-c2cc3c(c(CNC4CCCC4)c2)CC(=O)CC3)cn(C)c1=O. The van der Waals surface area contributed by atoms with Crippen LogP contribution in [0.2, 0.25) is 5.02 Å². The van der Waals surface area contributed by atoms with Gasteiger partial charge in [-0.25, -0.2) is 0 Å². The molecule has 1 saturated carbocycles. The minimum Gasteiger partial charge on any atom is -0.318 e. The van der Waals surface area contributed by atoms with Crippen LogP contribution in [0.4, 0.5) is 0 Å². The standard InChI is InChI=1S/C23H28N2O2.C17H16ClNO2/c1-15-9-19(14-25(2)23(15)27)17-10-16-7-8-21(26)12-22(16)18(11-17)13-24-20-5-3-4-6-20;1-10-5-13(9-19(2)17(10)21)12-6-11-3-4-14(20)8-15(11)16(18)7-12/h9-11,14,20,24H,3-8,12-13H2,1-2H3;5-7,9H,3-4,8H2,1-2H3. The molecule has 1 N–H and O–H groups in total. The van der Waals surface area contributed by atoms with Crippen LogP contribution < -0.4 is 16.4 Å². The first-order valence-corrected chi connectivity index (χ1v) is 17.4. The molecule has 1 fully saturated rings. The lowest BCUT2D eigenvalue weighted by atomic mass is 9.85. The molecule has 2 aromatic heterocycles. The van der Waals surface area contributed by atoms with Crippen LogP contribution in [0, 0.1) is 13.8 Å². The highest BCUT2D eigenvalue weighted by molar-refractivity contribution is 6.32. The van der Waals surface area contributed by atoms with Crippen LogP contribution in [0.15, 0.2) is 58.4 Å². The Balaban J connectivity index is 0.000000173. The smallest absolute Gasteiger partial charge is 0.253 e. The van der Waals surface area contributed by atoms with E-state index in [2.05, 4.69) is 23.5 Å². The summed E-state index contributed by atoms with van der Waals surface area (Å²) >= 11 is 6.35. The quantitative estimate of drug-likeness (QED) is 0.262. The average Bonchev–Trinajstić information content (AvgIpc) is 3.59. The lowest BCUT2D eigenvalue weighted by Gasteiger charge is -2.22. The molecule has 2 heterocycles. The van der Waals surface area contributed by atoms with Gasteiger partial charge in [0.15, 0.2) is 0 Å². The van der Waals surface area contributed by atoms with Crippen molar-refractivity contribution < 1.29 is 9.59 Å². The van der Waals surface area contributed by atoms with E-state index in [0.29, 0.717) is 48.1 Å². The molecule has 48 heavy (non-hydrogen) atoms. The number of aryl methyl sites for hydroxylation is 6. The molecule has 0 spiro atoms. The topological polar surface area (TPSA) is 90.2 Å². The Labute approximate surface area is 287 Å². The molecule has 7 rings (SSSR count). The number of fused-ring (bicyclic) bond motifs is 2. The molecular formula is C40H44ClN3O4. The van der Waals surface area contributed by atoms with Crippen LogP contribution in [-0.2, 0) is 55.9 Å². The summed E-state index contributed by atoms with van der Waals surface area (Å²) < 4.78 is 3.24. The molecule has 7 nitrogen and oxygen atoms in total. The van der Waals surface area contributed by atoms with E-state index in [-0.39, 0.29) is 16.9 Å². The zero-order valence-electron chi connectivity index (χ0n) is 28.4. The molecule has 3 aliphatic carbocycles. The number of carbonyl (C=O) groups excluding carboxylic acids is 2. The number of hydrogen-bond donors (Lipinski definition) is 1. The number of halogens is 1. The van der Waals surface area contributed by atoms with Gasteiger partial charge >= 0.3 is 0 Å². The first-order chi connectivity index (χ1) is 23.0. The fourth-order valence-corrected chi connectivity index (χ4v) is 7.73. The summed E-state index contributed by atoms with van der Waals surface area (Å²) in [5, 5.41) is 4.35. The van der Waals surface area contributed by atoms with Gasteiger partial charge < -0.3 is 14.5 Å². The number of carbonyl (C=O) groups is 2. The number of nitrogens with zero attached hydrogens (tertiary/aromatic N) is 2. The molecule has 0 unspecified atom stereocenters. The van der Waals surface area contributed by atoms with Crippen molar-refractivity contribution in [2.45, 2.75) is 90.6 Å². The Bertz CT molecular complexity index is 1980. The number of rotatable bonds is 5. The van der Waals surface area contributed by atoms with Crippen molar-refractivity contribution in [1.82, 2.24) is 14.5 Å². The highest BCUT2D eigenvalue weighted by Gasteiger charge is 2.22. The number of Topliss-reactive ketones (excluding diaryl/α,β-unsaturated/α-hetero) is 2. The van der Waals surface area contributed by atoms with E-state index in [9.17, 15) is 19.2 Å². The monoisotopic (exact) mass is 665 g/mol. The Morgan fingerprint density at radius 2 is 1.17 bits per heavy atom. The minimum absolute atomic E-state index is 0.00778. The summed E-state index contributed by atoms with van der Waals surface area (Å²) in [4.78, 5) is 47.5. The number of benzene rings is 2. The average molecular weight is 666 g/mol. The first kappa shape index (κ1) is 33.8. The van der Waals surface area contributed by atoms with E-state index in [1.54, 1.807) is 23.2 Å². The summed E-state index contributed by atoms with van der Waals surface area (Å²) in [6.07, 6.45) is 12.6. The maximum absolute atomic E-state index is 12.1. The van der Waals surface area contributed by atoms with Gasteiger partial charge in [0.1, 0.15) is 11.6 Å². The maximum Gasteiger partial charge on any atom is 0.253 e. The molecule has 0 atom stereocenters. The second kappa shape index (κ2) is 14.2. The fourth-order valence-electron chi connectivity index (χ4n) is 7.43. The molecule has 0 radical (unpaired) electrons. The van der Waals surface area contributed by atoms with Gasteiger partial charge in [-0.3, -0.25) is 19.2 Å². The Morgan fingerprint density at radius 1 is 0.667 bits per heavy atom. The van der Waals surface area contributed by atoms with Crippen molar-refractivity contribution in [1.29, 1.82) is 0 Å². The van der Waals surface area contributed by atoms with Crippen LogP contribution >= 0.6 is 11.6 Å². The second-order valence-corrected chi connectivity index (χ2v) is 14.2. The third-order valence-electron chi connectivity index (χ3n) is 10.1. The summed E-state index contributed by atoms with van der Waals surface area (Å²) in [6, 6.07) is 12.9. The minimum atomic E-state index is 0.00778. The highest BCUT2D eigenvalue weighted by atomic mass is 35.5. The number of pyridine rings is 2. The Morgan fingerprint density at radius 3 is 1.71 bits per heavy atom. The molecule has 0 bridgehead atoms. The summed E-state index contributed by atoms with van der Waals surface area (Å²) in [5.41, 5.74) is 11.6. The Hall–Kier alpha value is -4.07. The summed E-state index contributed by atoms with van der Waals surface area (Å²) in [6.45, 7) is 4.49. The largest absolute Gasteiger partial charge is 0.318 e. The molecule has 0 amide bonds. The van der Waals surface area contributed by atoms with Crippen LogP contribution in [0.25, 0.3) is 22.3 Å². The van der Waals surface area contributed by atoms with E-state index in [0.717, 1.165) is 58.3 Å². The lowest BCUT2D eigenvalue weighted by molar-refractivity contribution is -0.119. The van der Waals surface area contributed by atoms with Gasteiger partial charge in [-0.05, 0) is 114 Å². The van der Waals surface area contributed by atoms with Gasteiger partial charge in [-0.15, -0.1) is 0 Å². The van der Waals surface area contributed by atoms with Crippen molar-refractivity contribution in [2.75, 3.05) is 0 Å². The molecule has 0 saturated heterocycles. The molecule has 2 aromatic carbocycles. The number of nitrogens with one attached hydrogen (secondary N) is 1. The van der Waals surface area contributed by atoms with Gasteiger partial charge in [-0.2, -0.15) is 0 Å². The third kappa shape index (κ3) is 7.32. The van der Waals surface area contributed by atoms with Crippen molar-refractivity contribution in [3.63, 3.8) is 0 Å².